The third kappa shape index (κ3) is 3.91. The van der Waals surface area contributed by atoms with Crippen molar-refractivity contribution in [2.75, 3.05) is 5.32 Å². The maximum atomic E-state index is 12.9. The lowest BCUT2D eigenvalue weighted by atomic mass is 9.97. The summed E-state index contributed by atoms with van der Waals surface area (Å²) in [5, 5.41) is 2.77. The van der Waals surface area contributed by atoms with E-state index in [-0.39, 0.29) is 22.8 Å². The van der Waals surface area contributed by atoms with Crippen molar-refractivity contribution in [1.82, 2.24) is 4.72 Å². The van der Waals surface area contributed by atoms with Gasteiger partial charge < -0.3 is 5.32 Å². The number of hydrogen-bond acceptors (Lipinski definition) is 3. The van der Waals surface area contributed by atoms with Crippen LogP contribution in [0.4, 0.5) is 5.69 Å². The predicted molar refractivity (Wildman–Crippen MR) is 97.7 cm³/mol. The van der Waals surface area contributed by atoms with Crippen LogP contribution in [0.3, 0.4) is 0 Å². The predicted octanol–water partition coefficient (Wildman–Crippen LogP) is 3.25. The fourth-order valence-corrected chi connectivity index (χ4v) is 4.43. The number of anilines is 1. The highest BCUT2D eigenvalue weighted by Crippen LogP contribution is 2.28. The molecule has 1 unspecified atom stereocenters. The summed E-state index contributed by atoms with van der Waals surface area (Å²) in [5.74, 6) is 0.0688. The van der Waals surface area contributed by atoms with Crippen molar-refractivity contribution in [3.63, 3.8) is 0 Å². The van der Waals surface area contributed by atoms with Gasteiger partial charge in [-0.15, -0.1) is 0 Å². The SMILES string of the molecule is CC(C)C(NS(=O)(=O)c1ccc2c(c1)CCC(=O)N2)c1ccccc1. The Morgan fingerprint density at radius 3 is 2.44 bits per heavy atom. The minimum atomic E-state index is -3.66. The van der Waals surface area contributed by atoms with Crippen molar-refractivity contribution in [1.29, 1.82) is 0 Å². The van der Waals surface area contributed by atoms with Crippen LogP contribution >= 0.6 is 0 Å². The van der Waals surface area contributed by atoms with E-state index in [1.54, 1.807) is 12.1 Å². The van der Waals surface area contributed by atoms with Crippen molar-refractivity contribution in [2.24, 2.45) is 5.92 Å². The van der Waals surface area contributed by atoms with E-state index in [9.17, 15) is 13.2 Å². The highest BCUT2D eigenvalue weighted by atomic mass is 32.2. The van der Waals surface area contributed by atoms with Gasteiger partial charge in [-0.1, -0.05) is 44.2 Å². The zero-order valence-electron chi connectivity index (χ0n) is 14.3. The number of carbonyl (C=O) groups is 1. The van der Waals surface area contributed by atoms with Crippen LogP contribution in [0, 0.1) is 5.92 Å². The minimum absolute atomic E-state index is 0.0369. The van der Waals surface area contributed by atoms with Crippen LogP contribution in [-0.2, 0) is 21.2 Å². The lowest BCUT2D eigenvalue weighted by molar-refractivity contribution is -0.116. The number of nitrogens with one attached hydrogen (secondary N) is 2. The largest absolute Gasteiger partial charge is 0.326 e. The molecule has 1 aliphatic heterocycles. The summed E-state index contributed by atoms with van der Waals surface area (Å²) < 4.78 is 28.6. The van der Waals surface area contributed by atoms with Crippen LogP contribution in [0.2, 0.25) is 0 Å². The number of rotatable bonds is 5. The molecule has 3 rings (SSSR count). The quantitative estimate of drug-likeness (QED) is 0.861. The molecule has 2 aromatic rings. The number of amides is 1. The molecule has 1 aliphatic rings. The van der Waals surface area contributed by atoms with Gasteiger partial charge in [0.15, 0.2) is 0 Å². The van der Waals surface area contributed by atoms with Crippen molar-refractivity contribution in [3.05, 3.63) is 59.7 Å². The zero-order valence-corrected chi connectivity index (χ0v) is 15.1. The van der Waals surface area contributed by atoms with Gasteiger partial charge in [0.05, 0.1) is 4.90 Å². The van der Waals surface area contributed by atoms with E-state index in [1.807, 2.05) is 44.2 Å². The molecule has 1 heterocycles. The third-order valence-corrected chi connectivity index (χ3v) is 5.83. The molecule has 2 N–H and O–H groups in total. The van der Waals surface area contributed by atoms with Crippen molar-refractivity contribution >= 4 is 21.6 Å². The first kappa shape index (κ1) is 17.6. The number of carbonyl (C=O) groups excluding carboxylic acids is 1. The van der Waals surface area contributed by atoms with Crippen LogP contribution in [0.15, 0.2) is 53.4 Å². The number of aryl methyl sites for hydroxylation is 1. The zero-order chi connectivity index (χ0) is 18.0. The Hall–Kier alpha value is -2.18. The summed E-state index contributed by atoms with van der Waals surface area (Å²) in [6, 6.07) is 14.1. The first-order valence-corrected chi connectivity index (χ1v) is 9.85. The second kappa shape index (κ2) is 6.98. The Morgan fingerprint density at radius 1 is 1.04 bits per heavy atom. The molecule has 1 amide bonds. The van der Waals surface area contributed by atoms with Crippen molar-refractivity contribution in [2.45, 2.75) is 37.6 Å². The topological polar surface area (TPSA) is 75.3 Å². The van der Waals surface area contributed by atoms with Gasteiger partial charge in [0, 0.05) is 18.2 Å². The first-order chi connectivity index (χ1) is 11.9. The molecule has 5 nitrogen and oxygen atoms in total. The maximum absolute atomic E-state index is 12.9. The molecular weight excluding hydrogens is 336 g/mol. The summed E-state index contributed by atoms with van der Waals surface area (Å²) in [7, 11) is -3.66. The van der Waals surface area contributed by atoms with Crippen LogP contribution in [-0.4, -0.2) is 14.3 Å². The summed E-state index contributed by atoms with van der Waals surface area (Å²) in [6.45, 7) is 3.98. The molecule has 0 bridgehead atoms. The maximum Gasteiger partial charge on any atom is 0.241 e. The molecule has 0 radical (unpaired) electrons. The van der Waals surface area contributed by atoms with E-state index in [2.05, 4.69) is 10.0 Å². The first-order valence-electron chi connectivity index (χ1n) is 8.37. The van der Waals surface area contributed by atoms with Gasteiger partial charge in [0.2, 0.25) is 15.9 Å². The second-order valence-corrected chi connectivity index (χ2v) is 8.33. The molecule has 0 saturated carbocycles. The van der Waals surface area contributed by atoms with Gasteiger partial charge in [-0.2, -0.15) is 0 Å². The highest BCUT2D eigenvalue weighted by Gasteiger charge is 2.25. The molecule has 0 fully saturated rings. The lowest BCUT2D eigenvalue weighted by Crippen LogP contribution is -2.32. The van der Waals surface area contributed by atoms with Gasteiger partial charge in [-0.05, 0) is 41.7 Å². The van der Waals surface area contributed by atoms with E-state index < -0.39 is 10.0 Å². The van der Waals surface area contributed by atoms with Crippen LogP contribution in [0.5, 0.6) is 0 Å². The average Bonchev–Trinajstić information content (AvgIpc) is 2.59. The Balaban J connectivity index is 1.89. The van der Waals surface area contributed by atoms with Crippen LogP contribution in [0.1, 0.15) is 37.4 Å². The van der Waals surface area contributed by atoms with Gasteiger partial charge in [0.1, 0.15) is 0 Å². The number of sulfonamides is 1. The smallest absolute Gasteiger partial charge is 0.241 e. The van der Waals surface area contributed by atoms with Gasteiger partial charge in [-0.25, -0.2) is 13.1 Å². The van der Waals surface area contributed by atoms with Gasteiger partial charge in [-0.3, -0.25) is 4.79 Å². The molecule has 6 heteroatoms. The molecular formula is C19H22N2O3S. The summed E-state index contributed by atoms with van der Waals surface area (Å²) in [5.41, 5.74) is 2.48. The van der Waals surface area contributed by atoms with E-state index in [1.165, 1.54) is 6.07 Å². The van der Waals surface area contributed by atoms with Gasteiger partial charge in [0.25, 0.3) is 0 Å². The van der Waals surface area contributed by atoms with E-state index in [0.717, 1.165) is 11.1 Å². The number of fused-ring (bicyclic) bond motifs is 1. The second-order valence-electron chi connectivity index (χ2n) is 6.62. The lowest BCUT2D eigenvalue weighted by Gasteiger charge is -2.23. The standard InChI is InChI=1S/C19H22N2O3S/c1-13(2)19(14-6-4-3-5-7-14)21-25(23,24)16-9-10-17-15(12-16)8-11-18(22)20-17/h3-7,9-10,12-13,19,21H,8,11H2,1-2H3,(H,20,22). The Bertz CT molecular complexity index is 877. The fraction of sp³-hybridized carbons (Fsp3) is 0.316. The fourth-order valence-electron chi connectivity index (χ4n) is 3.01. The van der Waals surface area contributed by atoms with Crippen LogP contribution < -0.4 is 10.0 Å². The normalized spacial score (nSPS) is 15.6. The van der Waals surface area contributed by atoms with E-state index >= 15 is 0 Å². The highest BCUT2D eigenvalue weighted by molar-refractivity contribution is 7.89. The molecule has 132 valence electrons. The number of benzene rings is 2. The summed E-state index contributed by atoms with van der Waals surface area (Å²) in [4.78, 5) is 11.7. The van der Waals surface area contributed by atoms with Crippen molar-refractivity contribution < 1.29 is 13.2 Å². The molecule has 0 aliphatic carbocycles. The molecule has 0 saturated heterocycles. The summed E-state index contributed by atoms with van der Waals surface area (Å²) in [6.07, 6.45) is 0.930. The minimum Gasteiger partial charge on any atom is -0.326 e. The van der Waals surface area contributed by atoms with Crippen LogP contribution in [0.25, 0.3) is 0 Å². The average molecular weight is 358 g/mol. The molecule has 2 aromatic carbocycles. The monoisotopic (exact) mass is 358 g/mol. The number of hydrogen-bond donors (Lipinski definition) is 2. The van der Waals surface area contributed by atoms with Crippen molar-refractivity contribution in [3.8, 4) is 0 Å². The molecule has 0 spiro atoms. The summed E-state index contributed by atoms with van der Waals surface area (Å²) >= 11 is 0. The molecule has 1 atom stereocenters. The third-order valence-electron chi connectivity index (χ3n) is 4.39. The Labute approximate surface area is 148 Å². The Kier molecular flexibility index (Phi) is 4.92. The van der Waals surface area contributed by atoms with Gasteiger partial charge >= 0.3 is 0 Å². The van der Waals surface area contributed by atoms with E-state index in [0.29, 0.717) is 18.5 Å². The molecule has 25 heavy (non-hydrogen) atoms. The Morgan fingerprint density at radius 2 is 1.76 bits per heavy atom. The molecule has 0 aromatic heterocycles. The van der Waals surface area contributed by atoms with E-state index in [4.69, 9.17) is 0 Å².